The van der Waals surface area contributed by atoms with Crippen LogP contribution < -0.4 is 10.2 Å². The lowest BCUT2D eigenvalue weighted by Crippen LogP contribution is -2.36. The fourth-order valence-electron chi connectivity index (χ4n) is 2.28. The van der Waals surface area contributed by atoms with Gasteiger partial charge < -0.3 is 9.47 Å². The van der Waals surface area contributed by atoms with E-state index in [0.29, 0.717) is 25.4 Å². The maximum absolute atomic E-state index is 11.7. The lowest BCUT2D eigenvalue weighted by atomic mass is 10.1. The second-order valence-corrected chi connectivity index (χ2v) is 5.43. The van der Waals surface area contributed by atoms with Gasteiger partial charge in [0.05, 0.1) is 6.61 Å². The minimum Gasteiger partial charge on any atom is -0.481 e. The molecule has 2 aromatic carbocycles. The number of unbranched alkanes of at least 4 members (excludes halogenated alkanes) is 1. The Morgan fingerprint density at radius 1 is 1.00 bits per heavy atom. The van der Waals surface area contributed by atoms with E-state index in [9.17, 15) is 4.79 Å². The molecule has 5 nitrogen and oxygen atoms in total. The van der Waals surface area contributed by atoms with Gasteiger partial charge in [-0.1, -0.05) is 48.5 Å². The highest BCUT2D eigenvalue weighted by atomic mass is 16.5. The molecule has 0 bridgehead atoms. The van der Waals surface area contributed by atoms with Gasteiger partial charge in [0.1, 0.15) is 5.75 Å². The van der Waals surface area contributed by atoms with E-state index in [2.05, 4.69) is 0 Å². The molecule has 2 rings (SSSR count). The minimum absolute atomic E-state index is 0.510. The predicted octanol–water partition coefficient (Wildman–Crippen LogP) is 3.33. The third-order valence-electron chi connectivity index (χ3n) is 3.54. The number of hydrogen-bond donors (Lipinski definition) is 2. The van der Waals surface area contributed by atoms with E-state index in [4.69, 9.17) is 14.7 Å². The summed E-state index contributed by atoms with van der Waals surface area (Å²) < 4.78 is 11.2. The molecule has 0 aliphatic heterocycles. The van der Waals surface area contributed by atoms with Gasteiger partial charge in [-0.25, -0.2) is 5.48 Å². The van der Waals surface area contributed by atoms with Crippen LogP contribution in [0.4, 0.5) is 0 Å². The van der Waals surface area contributed by atoms with Crippen LogP contribution in [0.25, 0.3) is 0 Å². The molecule has 0 saturated carbocycles. The topological polar surface area (TPSA) is 67.8 Å². The third-order valence-corrected chi connectivity index (χ3v) is 3.54. The number of rotatable bonds is 10. The van der Waals surface area contributed by atoms with Gasteiger partial charge >= 0.3 is 0 Å². The van der Waals surface area contributed by atoms with Gasteiger partial charge in [0.15, 0.2) is 6.10 Å². The average molecular weight is 329 g/mol. The van der Waals surface area contributed by atoms with Crippen molar-refractivity contribution in [1.29, 1.82) is 0 Å². The number of ether oxygens (including phenoxy) is 2. The Hall–Kier alpha value is -2.37. The molecule has 5 heteroatoms. The molecule has 0 saturated heterocycles. The zero-order chi connectivity index (χ0) is 17.0. The first-order valence-corrected chi connectivity index (χ1v) is 8.07. The Morgan fingerprint density at radius 2 is 1.67 bits per heavy atom. The number of para-hydroxylation sites is 1. The summed E-state index contributed by atoms with van der Waals surface area (Å²) in [4.78, 5) is 11.7. The van der Waals surface area contributed by atoms with Crippen LogP contribution in [-0.4, -0.2) is 23.8 Å². The molecule has 0 spiro atoms. The second kappa shape index (κ2) is 10.4. The predicted molar refractivity (Wildman–Crippen MR) is 90.7 cm³/mol. The molecule has 0 unspecified atom stereocenters. The molecule has 1 amide bonds. The van der Waals surface area contributed by atoms with Gasteiger partial charge in [-0.15, -0.1) is 0 Å². The van der Waals surface area contributed by atoms with Crippen molar-refractivity contribution in [2.24, 2.45) is 0 Å². The van der Waals surface area contributed by atoms with Crippen molar-refractivity contribution in [3.05, 3.63) is 66.2 Å². The van der Waals surface area contributed by atoms with Gasteiger partial charge in [-0.2, -0.15) is 0 Å². The first kappa shape index (κ1) is 18.0. The van der Waals surface area contributed by atoms with E-state index in [0.717, 1.165) is 18.4 Å². The van der Waals surface area contributed by atoms with Crippen molar-refractivity contribution in [1.82, 2.24) is 5.48 Å². The molecule has 1 atom stereocenters. The van der Waals surface area contributed by atoms with Crippen molar-refractivity contribution in [2.75, 3.05) is 6.61 Å². The highest BCUT2D eigenvalue weighted by Crippen LogP contribution is 2.14. The summed E-state index contributed by atoms with van der Waals surface area (Å²) in [7, 11) is 0. The van der Waals surface area contributed by atoms with Gasteiger partial charge in [0.2, 0.25) is 0 Å². The Morgan fingerprint density at radius 3 is 2.33 bits per heavy atom. The zero-order valence-corrected chi connectivity index (χ0v) is 13.6. The van der Waals surface area contributed by atoms with Crippen molar-refractivity contribution in [2.45, 2.75) is 32.0 Å². The third kappa shape index (κ3) is 6.40. The van der Waals surface area contributed by atoms with Crippen LogP contribution in [0.1, 0.15) is 24.8 Å². The smallest absolute Gasteiger partial charge is 0.284 e. The second-order valence-electron chi connectivity index (χ2n) is 5.43. The van der Waals surface area contributed by atoms with Crippen LogP contribution in [0, 0.1) is 0 Å². The van der Waals surface area contributed by atoms with Crippen molar-refractivity contribution in [3.8, 4) is 5.75 Å². The maximum Gasteiger partial charge on any atom is 0.284 e. The number of carbonyl (C=O) groups is 1. The van der Waals surface area contributed by atoms with E-state index in [1.165, 1.54) is 0 Å². The Kier molecular flexibility index (Phi) is 7.80. The molecule has 0 heterocycles. The van der Waals surface area contributed by atoms with Crippen LogP contribution in [0.3, 0.4) is 0 Å². The lowest BCUT2D eigenvalue weighted by molar-refractivity contribution is -0.136. The number of nitrogens with one attached hydrogen (secondary N) is 1. The number of benzene rings is 2. The normalized spacial score (nSPS) is 11.7. The van der Waals surface area contributed by atoms with Crippen molar-refractivity contribution < 1.29 is 19.5 Å². The lowest BCUT2D eigenvalue weighted by Gasteiger charge is -2.17. The van der Waals surface area contributed by atoms with Crippen LogP contribution in [0.15, 0.2) is 60.7 Å². The largest absolute Gasteiger partial charge is 0.481 e. The molecule has 0 aliphatic rings. The Bertz CT molecular complexity index is 589. The SMILES string of the molecule is O=C(NO)[C@@H](CCCCOCc1ccccc1)Oc1ccccc1. The molecule has 0 radical (unpaired) electrons. The number of hydrogen-bond acceptors (Lipinski definition) is 4. The molecular formula is C19H23NO4. The number of amides is 1. The van der Waals surface area contributed by atoms with Crippen molar-refractivity contribution in [3.63, 3.8) is 0 Å². The van der Waals surface area contributed by atoms with Gasteiger partial charge in [0.25, 0.3) is 5.91 Å². The Balaban J connectivity index is 1.68. The van der Waals surface area contributed by atoms with Crippen LogP contribution in [0.5, 0.6) is 5.75 Å². The number of hydroxylamine groups is 1. The maximum atomic E-state index is 11.7. The van der Waals surface area contributed by atoms with Gasteiger partial charge in [-0.3, -0.25) is 10.0 Å². The molecule has 2 N–H and O–H groups in total. The summed E-state index contributed by atoms with van der Waals surface area (Å²) in [6, 6.07) is 19.1. The van der Waals surface area contributed by atoms with Gasteiger partial charge in [-0.05, 0) is 37.0 Å². The van der Waals surface area contributed by atoms with E-state index in [-0.39, 0.29) is 0 Å². The summed E-state index contributed by atoms with van der Waals surface area (Å²) >= 11 is 0. The van der Waals surface area contributed by atoms with E-state index in [1.807, 2.05) is 48.5 Å². The highest BCUT2D eigenvalue weighted by molar-refractivity contribution is 5.79. The van der Waals surface area contributed by atoms with E-state index in [1.54, 1.807) is 17.6 Å². The zero-order valence-electron chi connectivity index (χ0n) is 13.6. The fraction of sp³-hybridized carbons (Fsp3) is 0.316. The minimum atomic E-state index is -0.716. The van der Waals surface area contributed by atoms with Crippen LogP contribution in [0.2, 0.25) is 0 Å². The molecule has 0 aromatic heterocycles. The van der Waals surface area contributed by atoms with Crippen LogP contribution in [-0.2, 0) is 16.1 Å². The first-order chi connectivity index (χ1) is 11.8. The molecule has 0 fully saturated rings. The average Bonchev–Trinajstić information content (AvgIpc) is 2.64. The summed E-state index contributed by atoms with van der Waals surface area (Å²) in [6.45, 7) is 1.20. The van der Waals surface area contributed by atoms with E-state index < -0.39 is 12.0 Å². The molecule has 128 valence electrons. The standard InChI is InChI=1S/C19H23NO4/c21-19(20-22)18(24-17-11-5-2-6-12-17)13-7-8-14-23-15-16-9-3-1-4-10-16/h1-6,9-12,18,22H,7-8,13-15H2,(H,20,21)/t18-/m1/s1. The summed E-state index contributed by atoms with van der Waals surface area (Å²) in [5, 5.41) is 8.85. The van der Waals surface area contributed by atoms with E-state index >= 15 is 0 Å². The summed E-state index contributed by atoms with van der Waals surface area (Å²) in [5.41, 5.74) is 2.80. The monoisotopic (exact) mass is 329 g/mol. The van der Waals surface area contributed by atoms with Crippen molar-refractivity contribution >= 4 is 5.91 Å². The number of carbonyl (C=O) groups excluding carboxylic acids is 1. The van der Waals surface area contributed by atoms with Gasteiger partial charge in [0, 0.05) is 6.61 Å². The fourth-order valence-corrected chi connectivity index (χ4v) is 2.28. The Labute approximate surface area is 142 Å². The highest BCUT2D eigenvalue weighted by Gasteiger charge is 2.19. The molecule has 0 aliphatic carbocycles. The molecular weight excluding hydrogens is 306 g/mol. The quantitative estimate of drug-likeness (QED) is 0.399. The molecule has 24 heavy (non-hydrogen) atoms. The summed E-state index contributed by atoms with van der Waals surface area (Å²) in [5.74, 6) is 0.0653. The first-order valence-electron chi connectivity index (χ1n) is 8.07. The van der Waals surface area contributed by atoms with Crippen LogP contribution >= 0.6 is 0 Å². The summed E-state index contributed by atoms with van der Waals surface area (Å²) in [6.07, 6.45) is 1.38. The molecule has 2 aromatic rings.